The quantitative estimate of drug-likeness (QED) is 0.625. The minimum atomic E-state index is 0.538. The first-order valence-electron chi connectivity index (χ1n) is 3.53. The monoisotopic (exact) mass is 149 g/mol. The second-order valence-electron chi connectivity index (χ2n) is 2.30. The lowest BCUT2D eigenvalue weighted by molar-refractivity contribution is 1.22. The number of nitrogens with two attached hydrogens (primary N) is 1. The van der Waals surface area contributed by atoms with E-state index in [0.29, 0.717) is 17.8 Å². The summed E-state index contributed by atoms with van der Waals surface area (Å²) in [6.45, 7) is 1.93. The van der Waals surface area contributed by atoms with Gasteiger partial charge in [-0.05, 0) is 12.5 Å². The van der Waals surface area contributed by atoms with Gasteiger partial charge in [-0.3, -0.25) is 4.98 Å². The van der Waals surface area contributed by atoms with E-state index in [2.05, 4.69) is 4.98 Å². The summed E-state index contributed by atoms with van der Waals surface area (Å²) in [6, 6.07) is 1.71. The van der Waals surface area contributed by atoms with Crippen LogP contribution >= 0.6 is 0 Å². The van der Waals surface area contributed by atoms with Crippen molar-refractivity contribution in [2.45, 2.75) is 13.3 Å². The minimum absolute atomic E-state index is 0.538. The Bertz CT molecular complexity index is 268. The average molecular weight is 149 g/mol. The molecule has 3 heteroatoms. The van der Waals surface area contributed by atoms with Crippen molar-refractivity contribution in [1.29, 1.82) is 5.41 Å². The van der Waals surface area contributed by atoms with E-state index < -0.39 is 0 Å². The molecule has 0 radical (unpaired) electrons. The van der Waals surface area contributed by atoms with Crippen LogP contribution in [0.1, 0.15) is 18.9 Å². The maximum absolute atomic E-state index is 7.50. The number of aromatic nitrogens is 1. The largest absolute Gasteiger partial charge is 0.398 e. The number of nitrogens with one attached hydrogen (secondary N) is 1. The van der Waals surface area contributed by atoms with Gasteiger partial charge in [0.25, 0.3) is 0 Å². The fourth-order valence-corrected chi connectivity index (χ4v) is 0.848. The Balaban J connectivity index is 3.03. The SMILES string of the molecule is CCC(=N)c1cnccc1N. The predicted molar refractivity (Wildman–Crippen MR) is 45.8 cm³/mol. The molecular weight excluding hydrogens is 138 g/mol. The van der Waals surface area contributed by atoms with Crippen LogP contribution in [0.5, 0.6) is 0 Å². The van der Waals surface area contributed by atoms with Crippen LogP contribution in [0.3, 0.4) is 0 Å². The lowest BCUT2D eigenvalue weighted by Crippen LogP contribution is -2.02. The van der Waals surface area contributed by atoms with Crippen LogP contribution in [0.25, 0.3) is 0 Å². The van der Waals surface area contributed by atoms with Crippen LogP contribution in [0, 0.1) is 5.41 Å². The predicted octanol–water partition coefficient (Wildman–Crippen LogP) is 1.44. The summed E-state index contributed by atoms with van der Waals surface area (Å²) >= 11 is 0. The normalized spacial score (nSPS) is 9.55. The van der Waals surface area contributed by atoms with Crippen LogP contribution in [0.2, 0.25) is 0 Å². The first-order valence-corrected chi connectivity index (χ1v) is 3.53. The number of rotatable bonds is 2. The Morgan fingerprint density at radius 1 is 1.73 bits per heavy atom. The van der Waals surface area contributed by atoms with Gasteiger partial charge in [-0.2, -0.15) is 0 Å². The molecule has 0 unspecified atom stereocenters. The molecule has 3 N–H and O–H groups in total. The van der Waals surface area contributed by atoms with E-state index in [0.717, 1.165) is 5.56 Å². The van der Waals surface area contributed by atoms with E-state index in [4.69, 9.17) is 11.1 Å². The van der Waals surface area contributed by atoms with Gasteiger partial charge in [0.2, 0.25) is 0 Å². The summed E-state index contributed by atoms with van der Waals surface area (Å²) in [5.41, 5.74) is 7.53. The number of hydrogen-bond acceptors (Lipinski definition) is 3. The summed E-state index contributed by atoms with van der Waals surface area (Å²) in [5, 5.41) is 7.50. The molecule has 0 saturated heterocycles. The molecule has 0 aliphatic rings. The van der Waals surface area contributed by atoms with E-state index in [-0.39, 0.29) is 0 Å². The Morgan fingerprint density at radius 3 is 3.00 bits per heavy atom. The van der Waals surface area contributed by atoms with Crippen molar-refractivity contribution in [1.82, 2.24) is 4.98 Å². The second-order valence-corrected chi connectivity index (χ2v) is 2.30. The van der Waals surface area contributed by atoms with Crippen molar-refractivity contribution in [2.24, 2.45) is 0 Å². The molecule has 1 rings (SSSR count). The van der Waals surface area contributed by atoms with Crippen molar-refractivity contribution in [3.63, 3.8) is 0 Å². The molecule has 0 fully saturated rings. The molecule has 0 saturated carbocycles. The van der Waals surface area contributed by atoms with Gasteiger partial charge in [-0.25, -0.2) is 0 Å². The van der Waals surface area contributed by atoms with Crippen LogP contribution < -0.4 is 5.73 Å². The Labute approximate surface area is 65.8 Å². The molecule has 1 aromatic heterocycles. The molecule has 3 nitrogen and oxygen atoms in total. The molecule has 58 valence electrons. The zero-order chi connectivity index (χ0) is 8.27. The number of nitrogens with zero attached hydrogens (tertiary/aromatic N) is 1. The van der Waals surface area contributed by atoms with Gasteiger partial charge in [0.1, 0.15) is 0 Å². The highest BCUT2D eigenvalue weighted by Gasteiger charge is 2.01. The van der Waals surface area contributed by atoms with Crippen molar-refractivity contribution >= 4 is 11.4 Å². The molecular formula is C8H11N3. The van der Waals surface area contributed by atoms with Crippen molar-refractivity contribution in [2.75, 3.05) is 5.73 Å². The van der Waals surface area contributed by atoms with E-state index in [1.165, 1.54) is 0 Å². The highest BCUT2D eigenvalue weighted by atomic mass is 14.7. The number of pyridine rings is 1. The van der Waals surface area contributed by atoms with Gasteiger partial charge in [-0.15, -0.1) is 0 Å². The Kier molecular flexibility index (Phi) is 2.21. The smallest absolute Gasteiger partial charge is 0.0436 e. The second kappa shape index (κ2) is 3.14. The summed E-state index contributed by atoms with van der Waals surface area (Å²) < 4.78 is 0. The molecule has 0 aliphatic carbocycles. The summed E-state index contributed by atoms with van der Waals surface area (Å²) in [4.78, 5) is 3.89. The highest BCUT2D eigenvalue weighted by molar-refractivity contribution is 6.01. The molecule has 1 heterocycles. The van der Waals surface area contributed by atoms with Gasteiger partial charge in [0.15, 0.2) is 0 Å². The Morgan fingerprint density at radius 2 is 2.45 bits per heavy atom. The molecule has 0 bridgehead atoms. The van der Waals surface area contributed by atoms with Crippen molar-refractivity contribution in [3.05, 3.63) is 24.0 Å². The fraction of sp³-hybridized carbons (Fsp3) is 0.250. The lowest BCUT2D eigenvalue weighted by atomic mass is 10.1. The minimum Gasteiger partial charge on any atom is -0.398 e. The first-order chi connectivity index (χ1) is 5.25. The molecule has 11 heavy (non-hydrogen) atoms. The molecule has 0 spiro atoms. The van der Waals surface area contributed by atoms with E-state index >= 15 is 0 Å². The lowest BCUT2D eigenvalue weighted by Gasteiger charge is -2.02. The molecule has 0 atom stereocenters. The van der Waals surface area contributed by atoms with E-state index in [1.807, 2.05) is 6.92 Å². The fourth-order valence-electron chi connectivity index (χ4n) is 0.848. The van der Waals surface area contributed by atoms with Gasteiger partial charge >= 0.3 is 0 Å². The van der Waals surface area contributed by atoms with Gasteiger partial charge in [0, 0.05) is 29.4 Å². The third-order valence-electron chi connectivity index (χ3n) is 1.53. The zero-order valence-electron chi connectivity index (χ0n) is 6.46. The highest BCUT2D eigenvalue weighted by Crippen LogP contribution is 2.10. The summed E-state index contributed by atoms with van der Waals surface area (Å²) in [7, 11) is 0. The molecule has 1 aromatic rings. The average Bonchev–Trinajstić information content (AvgIpc) is 2.04. The molecule has 0 aromatic carbocycles. The van der Waals surface area contributed by atoms with Crippen LogP contribution in [-0.4, -0.2) is 10.7 Å². The maximum Gasteiger partial charge on any atom is 0.0436 e. The van der Waals surface area contributed by atoms with Crippen LogP contribution in [0.4, 0.5) is 5.69 Å². The van der Waals surface area contributed by atoms with E-state index in [9.17, 15) is 0 Å². The molecule has 0 aliphatic heterocycles. The van der Waals surface area contributed by atoms with Crippen molar-refractivity contribution < 1.29 is 0 Å². The number of nitrogen functional groups attached to an aromatic ring is 1. The van der Waals surface area contributed by atoms with Crippen LogP contribution in [0.15, 0.2) is 18.5 Å². The van der Waals surface area contributed by atoms with Gasteiger partial charge < -0.3 is 11.1 Å². The van der Waals surface area contributed by atoms with Gasteiger partial charge in [-0.1, -0.05) is 6.92 Å². The molecule has 0 amide bonds. The standard InChI is InChI=1S/C8H11N3/c1-2-7(9)6-5-11-4-3-8(6)10/h3-5,9H,2H2,1H3,(H2,10,11). The van der Waals surface area contributed by atoms with E-state index in [1.54, 1.807) is 18.5 Å². The first kappa shape index (κ1) is 7.72. The third-order valence-corrected chi connectivity index (χ3v) is 1.53. The summed E-state index contributed by atoms with van der Waals surface area (Å²) in [5.74, 6) is 0. The topological polar surface area (TPSA) is 62.8 Å². The zero-order valence-corrected chi connectivity index (χ0v) is 6.46. The van der Waals surface area contributed by atoms with Crippen molar-refractivity contribution in [3.8, 4) is 0 Å². The number of hydrogen-bond donors (Lipinski definition) is 2. The number of anilines is 1. The van der Waals surface area contributed by atoms with Gasteiger partial charge in [0.05, 0.1) is 0 Å². The van der Waals surface area contributed by atoms with Crippen LogP contribution in [-0.2, 0) is 0 Å². The third kappa shape index (κ3) is 1.55. The maximum atomic E-state index is 7.50. The Hall–Kier alpha value is -1.38. The summed E-state index contributed by atoms with van der Waals surface area (Å²) in [6.07, 6.45) is 3.94.